The maximum Gasteiger partial charge on any atom is 0.282 e. The summed E-state index contributed by atoms with van der Waals surface area (Å²) in [5, 5.41) is 3.00. The van der Waals surface area contributed by atoms with Gasteiger partial charge in [0, 0.05) is 79.7 Å². The number of rotatable bonds is 5. The summed E-state index contributed by atoms with van der Waals surface area (Å²) in [6.45, 7) is 4.06. The first kappa shape index (κ1) is 25.0. The van der Waals surface area contributed by atoms with Gasteiger partial charge in [-0.15, -0.1) is 11.3 Å². The van der Waals surface area contributed by atoms with Gasteiger partial charge in [-0.1, -0.05) is 23.7 Å². The van der Waals surface area contributed by atoms with Crippen molar-refractivity contribution >= 4 is 52.0 Å². The third-order valence-corrected chi connectivity index (χ3v) is 8.69. The van der Waals surface area contributed by atoms with Crippen LogP contribution in [0.4, 0.5) is 11.4 Å². The van der Waals surface area contributed by atoms with E-state index in [1.54, 1.807) is 18.3 Å². The summed E-state index contributed by atoms with van der Waals surface area (Å²) in [4.78, 5) is 50.6. The van der Waals surface area contributed by atoms with Gasteiger partial charge in [0.1, 0.15) is 0 Å². The van der Waals surface area contributed by atoms with Crippen molar-refractivity contribution in [2.24, 2.45) is 0 Å². The molecule has 3 aliphatic rings. The van der Waals surface area contributed by atoms with Gasteiger partial charge in [0.05, 0.1) is 6.42 Å². The smallest absolute Gasteiger partial charge is 0.282 e. The Balaban J connectivity index is 1.08. The van der Waals surface area contributed by atoms with Gasteiger partial charge < -0.3 is 14.7 Å². The molecule has 2 fully saturated rings. The molecule has 2 saturated heterocycles. The van der Waals surface area contributed by atoms with Crippen LogP contribution in [0.25, 0.3) is 0 Å². The number of piperazine rings is 1. The molecule has 3 amide bonds. The number of fused-ring (bicyclic) bond motifs is 1. The molecule has 3 aromatic rings. The maximum absolute atomic E-state index is 13.0. The fourth-order valence-corrected chi connectivity index (χ4v) is 6.35. The third-order valence-electron chi connectivity index (χ3n) is 7.68. The Morgan fingerprint density at radius 1 is 1.03 bits per heavy atom. The molecule has 2 aromatic carbocycles. The summed E-state index contributed by atoms with van der Waals surface area (Å²) in [5.41, 5.74) is 3.85. The van der Waals surface area contributed by atoms with Crippen LogP contribution in [0, 0.1) is 0 Å². The monoisotopic (exact) mass is 549 g/mol. The first-order valence-corrected chi connectivity index (χ1v) is 14.1. The molecule has 6 rings (SSSR count). The lowest BCUT2D eigenvalue weighted by molar-refractivity contribution is -0.118. The van der Waals surface area contributed by atoms with Crippen molar-refractivity contribution in [3.8, 4) is 0 Å². The zero-order valence-electron chi connectivity index (χ0n) is 20.9. The number of benzene rings is 2. The highest BCUT2D eigenvalue weighted by Crippen LogP contribution is 2.34. The van der Waals surface area contributed by atoms with Crippen LogP contribution in [-0.2, 0) is 22.4 Å². The van der Waals surface area contributed by atoms with Gasteiger partial charge in [-0.3, -0.25) is 19.3 Å². The van der Waals surface area contributed by atoms with E-state index in [-0.39, 0.29) is 23.8 Å². The van der Waals surface area contributed by atoms with E-state index in [0.29, 0.717) is 49.1 Å². The molecule has 1 unspecified atom stereocenters. The normalized spacial score (nSPS) is 19.8. The second-order valence-electron chi connectivity index (χ2n) is 9.94. The molecular weight excluding hydrogens is 522 g/mol. The lowest BCUT2D eigenvalue weighted by Crippen LogP contribution is -2.52. The average molecular weight is 550 g/mol. The Hall–Kier alpha value is -3.27. The van der Waals surface area contributed by atoms with Crippen LogP contribution < -0.4 is 9.80 Å². The minimum absolute atomic E-state index is 0.0115. The molecule has 0 radical (unpaired) electrons. The molecule has 1 aromatic heterocycles. The number of hydrogen-bond acceptors (Lipinski definition) is 6. The number of nitrogens with zero attached hydrogens (tertiary/aromatic N) is 5. The van der Waals surface area contributed by atoms with Crippen LogP contribution in [-0.4, -0.2) is 77.8 Å². The Morgan fingerprint density at radius 2 is 1.82 bits per heavy atom. The van der Waals surface area contributed by atoms with Crippen LogP contribution in [0.1, 0.15) is 27.3 Å². The van der Waals surface area contributed by atoms with Crippen molar-refractivity contribution in [1.29, 1.82) is 0 Å². The largest absolute Gasteiger partial charge is 0.334 e. The zero-order chi connectivity index (χ0) is 26.2. The van der Waals surface area contributed by atoms with Gasteiger partial charge in [-0.25, -0.2) is 4.98 Å². The fourth-order valence-electron chi connectivity index (χ4n) is 5.62. The number of anilines is 2. The Bertz CT molecular complexity index is 1360. The first-order chi connectivity index (χ1) is 18.5. The summed E-state index contributed by atoms with van der Waals surface area (Å²) >= 11 is 7.33. The van der Waals surface area contributed by atoms with Gasteiger partial charge in [0.15, 0.2) is 5.01 Å². The highest BCUT2D eigenvalue weighted by molar-refractivity contribution is 7.11. The van der Waals surface area contributed by atoms with Crippen LogP contribution in [0.5, 0.6) is 0 Å². The van der Waals surface area contributed by atoms with E-state index < -0.39 is 0 Å². The Labute approximate surface area is 230 Å². The molecule has 4 heterocycles. The number of halogens is 1. The second kappa shape index (κ2) is 10.5. The lowest BCUT2D eigenvalue weighted by atomic mass is 10.1. The summed E-state index contributed by atoms with van der Waals surface area (Å²) in [6, 6.07) is 13.5. The molecule has 10 heteroatoms. The molecule has 0 bridgehead atoms. The number of carbonyl (C=O) groups excluding carboxylic acids is 3. The van der Waals surface area contributed by atoms with Crippen molar-refractivity contribution in [3.63, 3.8) is 0 Å². The van der Waals surface area contributed by atoms with Crippen LogP contribution >= 0.6 is 22.9 Å². The molecule has 3 aliphatic heterocycles. The Kier molecular flexibility index (Phi) is 6.90. The highest BCUT2D eigenvalue weighted by atomic mass is 35.5. The predicted molar refractivity (Wildman–Crippen MR) is 148 cm³/mol. The van der Waals surface area contributed by atoms with Gasteiger partial charge in [-0.2, -0.15) is 0 Å². The van der Waals surface area contributed by atoms with Gasteiger partial charge in [0.2, 0.25) is 11.8 Å². The van der Waals surface area contributed by atoms with E-state index in [1.807, 2.05) is 44.3 Å². The molecule has 0 N–H and O–H groups in total. The zero-order valence-corrected chi connectivity index (χ0v) is 22.5. The average Bonchev–Trinajstić information content (AvgIpc) is 3.69. The highest BCUT2D eigenvalue weighted by Gasteiger charge is 2.37. The van der Waals surface area contributed by atoms with E-state index in [4.69, 9.17) is 11.6 Å². The molecule has 38 heavy (non-hydrogen) atoms. The molecule has 0 aliphatic carbocycles. The molecule has 0 spiro atoms. The van der Waals surface area contributed by atoms with Crippen molar-refractivity contribution < 1.29 is 14.4 Å². The minimum Gasteiger partial charge on any atom is -0.334 e. The number of thiazole rings is 1. The van der Waals surface area contributed by atoms with Crippen molar-refractivity contribution in [2.45, 2.75) is 25.3 Å². The standard InChI is InChI=1S/C28H28ClN5O3S/c29-21-3-1-19(2-4-21)15-25(35)33-9-7-20-16-22(5-6-24(20)33)34-18-23(17-26(34)36)31-10-12-32(13-11-31)28(37)27-30-8-14-38-27/h1-6,8,14,16,23H,7,9-13,15,17-18H2. The topological polar surface area (TPSA) is 77.1 Å². The van der Waals surface area contributed by atoms with E-state index in [1.165, 1.54) is 11.3 Å². The van der Waals surface area contributed by atoms with E-state index >= 15 is 0 Å². The summed E-state index contributed by atoms with van der Waals surface area (Å²) in [6.07, 6.45) is 3.23. The third kappa shape index (κ3) is 4.93. The maximum atomic E-state index is 13.0. The van der Waals surface area contributed by atoms with Crippen LogP contribution in [0.3, 0.4) is 0 Å². The quantitative estimate of drug-likeness (QED) is 0.487. The summed E-state index contributed by atoms with van der Waals surface area (Å²) < 4.78 is 0. The fraction of sp³-hybridized carbons (Fsp3) is 0.357. The molecule has 196 valence electrons. The van der Waals surface area contributed by atoms with Crippen molar-refractivity contribution in [3.05, 3.63) is 75.2 Å². The molecule has 8 nitrogen and oxygen atoms in total. The number of amides is 3. The predicted octanol–water partition coefficient (Wildman–Crippen LogP) is 3.49. The van der Waals surface area contributed by atoms with Crippen molar-refractivity contribution in [1.82, 2.24) is 14.8 Å². The SMILES string of the molecule is O=C(c1nccs1)N1CCN(C2CC(=O)N(c3ccc4c(c3)CCN4C(=O)Cc3ccc(Cl)cc3)C2)CC1. The Morgan fingerprint density at radius 3 is 2.55 bits per heavy atom. The molecule has 0 saturated carbocycles. The second-order valence-corrected chi connectivity index (χ2v) is 11.3. The van der Waals surface area contributed by atoms with Crippen LogP contribution in [0.2, 0.25) is 5.02 Å². The lowest BCUT2D eigenvalue weighted by Gasteiger charge is -2.37. The summed E-state index contributed by atoms with van der Waals surface area (Å²) in [5.74, 6) is 0.163. The van der Waals surface area contributed by atoms with Crippen LogP contribution in [0.15, 0.2) is 54.0 Å². The number of aromatic nitrogens is 1. The van der Waals surface area contributed by atoms with E-state index in [0.717, 1.165) is 42.0 Å². The van der Waals surface area contributed by atoms with Gasteiger partial charge >= 0.3 is 0 Å². The molecular formula is C28H28ClN5O3S. The number of hydrogen-bond donors (Lipinski definition) is 0. The molecule has 1 atom stereocenters. The number of carbonyl (C=O) groups is 3. The van der Waals surface area contributed by atoms with Crippen molar-refractivity contribution in [2.75, 3.05) is 49.1 Å². The van der Waals surface area contributed by atoms with E-state index in [9.17, 15) is 14.4 Å². The van der Waals surface area contributed by atoms with Gasteiger partial charge in [0.25, 0.3) is 5.91 Å². The minimum atomic E-state index is -0.0115. The van der Waals surface area contributed by atoms with Gasteiger partial charge in [-0.05, 0) is 47.9 Å². The van der Waals surface area contributed by atoms with E-state index in [2.05, 4.69) is 16.0 Å². The summed E-state index contributed by atoms with van der Waals surface area (Å²) in [7, 11) is 0. The first-order valence-electron chi connectivity index (χ1n) is 12.9.